The Labute approximate surface area is 151 Å². The van der Waals surface area contributed by atoms with Crippen LogP contribution in [-0.2, 0) is 6.54 Å². The molecule has 25 heavy (non-hydrogen) atoms. The van der Waals surface area contributed by atoms with E-state index >= 15 is 0 Å². The average Bonchev–Trinajstić information content (AvgIpc) is 3.21. The molecule has 0 atom stereocenters. The van der Waals surface area contributed by atoms with Gasteiger partial charge in [-0.25, -0.2) is 0 Å². The van der Waals surface area contributed by atoms with Gasteiger partial charge in [0.25, 0.3) is 0 Å². The number of phenols is 1. The molecule has 2 aromatic rings. The van der Waals surface area contributed by atoms with Crippen LogP contribution >= 0.6 is 11.6 Å². The first kappa shape index (κ1) is 16.2. The Bertz CT molecular complexity index is 869. The largest absolute Gasteiger partial charge is 0.507 e. The van der Waals surface area contributed by atoms with Gasteiger partial charge in [-0.05, 0) is 29.8 Å². The second-order valence-electron chi connectivity index (χ2n) is 6.54. The lowest BCUT2D eigenvalue weighted by molar-refractivity contribution is -0.901. The Morgan fingerprint density at radius 2 is 1.92 bits per heavy atom. The van der Waals surface area contributed by atoms with Crippen molar-refractivity contribution in [3.05, 3.63) is 63.9 Å². The fraction of sp³-hybridized carbons (Fsp3) is 0.250. The number of fused-ring (bicyclic) bond motifs is 1. The van der Waals surface area contributed by atoms with Crippen LogP contribution < -0.4 is 9.64 Å². The van der Waals surface area contributed by atoms with Crippen LogP contribution in [-0.4, -0.2) is 24.0 Å². The SMILES string of the molecule is O=C1/C(=C/c2ccccc2Cl)Oc2c1ccc(O)c2C[NH+]1CCCC1. The molecule has 1 fully saturated rings. The number of aromatic hydroxyl groups is 1. The maximum absolute atomic E-state index is 12.7. The van der Waals surface area contributed by atoms with E-state index in [-0.39, 0.29) is 17.3 Å². The molecule has 2 heterocycles. The van der Waals surface area contributed by atoms with Crippen LogP contribution in [0.2, 0.25) is 5.02 Å². The first-order valence-corrected chi connectivity index (χ1v) is 8.88. The minimum Gasteiger partial charge on any atom is -0.507 e. The lowest BCUT2D eigenvalue weighted by Crippen LogP contribution is -3.08. The summed E-state index contributed by atoms with van der Waals surface area (Å²) in [4.78, 5) is 14.1. The van der Waals surface area contributed by atoms with Crippen molar-refractivity contribution in [1.29, 1.82) is 0 Å². The van der Waals surface area contributed by atoms with E-state index in [1.54, 1.807) is 24.3 Å². The Hall–Kier alpha value is -2.30. The predicted molar refractivity (Wildman–Crippen MR) is 96.1 cm³/mol. The summed E-state index contributed by atoms with van der Waals surface area (Å²) in [6.45, 7) is 2.83. The molecule has 0 aliphatic carbocycles. The Morgan fingerprint density at radius 1 is 1.16 bits per heavy atom. The van der Waals surface area contributed by atoms with Gasteiger partial charge in [0.15, 0.2) is 11.5 Å². The van der Waals surface area contributed by atoms with Crippen molar-refractivity contribution in [2.45, 2.75) is 19.4 Å². The zero-order valence-corrected chi connectivity index (χ0v) is 14.5. The van der Waals surface area contributed by atoms with Gasteiger partial charge in [-0.3, -0.25) is 4.79 Å². The molecular weight excluding hydrogens is 338 g/mol. The summed E-state index contributed by atoms with van der Waals surface area (Å²) in [6.07, 6.45) is 4.05. The number of allylic oxidation sites excluding steroid dienone is 1. The van der Waals surface area contributed by atoms with Gasteiger partial charge in [0.05, 0.1) is 24.2 Å². The van der Waals surface area contributed by atoms with Crippen LogP contribution in [0.4, 0.5) is 0 Å². The number of carbonyl (C=O) groups excluding carboxylic acids is 1. The van der Waals surface area contributed by atoms with Gasteiger partial charge in [0.1, 0.15) is 12.3 Å². The molecule has 2 N–H and O–H groups in total. The van der Waals surface area contributed by atoms with Gasteiger partial charge in [-0.1, -0.05) is 29.8 Å². The highest BCUT2D eigenvalue weighted by Crippen LogP contribution is 2.39. The number of hydrogen-bond acceptors (Lipinski definition) is 3. The summed E-state index contributed by atoms with van der Waals surface area (Å²) in [7, 11) is 0. The average molecular weight is 357 g/mol. The number of likely N-dealkylation sites (tertiary alicyclic amines) is 1. The standard InChI is InChI=1S/C20H18ClNO3/c21-16-6-2-1-5-13(16)11-18-19(24)14-7-8-17(23)15(20(14)25-18)12-22-9-3-4-10-22/h1-2,5-8,11,23H,3-4,9-10,12H2/p+1/b18-11-. The number of nitrogens with one attached hydrogen (secondary N) is 1. The van der Waals surface area contributed by atoms with Crippen LogP contribution in [0.5, 0.6) is 11.5 Å². The number of rotatable bonds is 3. The van der Waals surface area contributed by atoms with Crippen molar-refractivity contribution in [1.82, 2.24) is 0 Å². The number of benzene rings is 2. The van der Waals surface area contributed by atoms with Crippen molar-refractivity contribution in [2.24, 2.45) is 0 Å². The third-order valence-electron chi connectivity index (χ3n) is 4.85. The fourth-order valence-corrected chi connectivity index (χ4v) is 3.69. The zero-order chi connectivity index (χ0) is 17.4. The van der Waals surface area contributed by atoms with Gasteiger partial charge in [0.2, 0.25) is 5.78 Å². The molecule has 128 valence electrons. The van der Waals surface area contributed by atoms with Crippen molar-refractivity contribution in [3.63, 3.8) is 0 Å². The molecule has 2 aromatic carbocycles. The molecular formula is C20H19ClNO3+. The second-order valence-corrected chi connectivity index (χ2v) is 6.94. The summed E-state index contributed by atoms with van der Waals surface area (Å²) >= 11 is 6.18. The molecule has 0 saturated carbocycles. The Kier molecular flexibility index (Phi) is 4.24. The highest BCUT2D eigenvalue weighted by Gasteiger charge is 2.33. The van der Waals surface area contributed by atoms with Crippen molar-refractivity contribution in [2.75, 3.05) is 13.1 Å². The number of carbonyl (C=O) groups is 1. The molecule has 4 rings (SSSR count). The monoisotopic (exact) mass is 356 g/mol. The summed E-state index contributed by atoms with van der Waals surface area (Å²) in [5, 5.41) is 10.9. The molecule has 5 heteroatoms. The van der Waals surface area contributed by atoms with Gasteiger partial charge < -0.3 is 14.7 Å². The molecule has 4 nitrogen and oxygen atoms in total. The van der Waals surface area contributed by atoms with E-state index in [1.165, 1.54) is 17.7 Å². The van der Waals surface area contributed by atoms with E-state index in [9.17, 15) is 9.90 Å². The Balaban J connectivity index is 1.70. The first-order valence-electron chi connectivity index (χ1n) is 8.50. The Morgan fingerprint density at radius 3 is 2.68 bits per heavy atom. The topological polar surface area (TPSA) is 51.0 Å². The molecule has 0 amide bonds. The molecule has 0 bridgehead atoms. The number of halogens is 1. The maximum Gasteiger partial charge on any atom is 0.231 e. The third kappa shape index (κ3) is 3.03. The number of quaternary nitrogens is 1. The molecule has 0 radical (unpaired) electrons. The molecule has 2 aliphatic rings. The smallest absolute Gasteiger partial charge is 0.231 e. The van der Waals surface area contributed by atoms with Crippen molar-refractivity contribution in [3.8, 4) is 11.5 Å². The minimum atomic E-state index is -0.174. The van der Waals surface area contributed by atoms with Crippen LogP contribution in [0, 0.1) is 0 Å². The normalized spacial score (nSPS) is 18.6. The quantitative estimate of drug-likeness (QED) is 0.831. The van der Waals surface area contributed by atoms with Crippen LogP contribution in [0.3, 0.4) is 0 Å². The van der Waals surface area contributed by atoms with Gasteiger partial charge in [-0.15, -0.1) is 0 Å². The summed E-state index contributed by atoms with van der Waals surface area (Å²) in [5.74, 6) is 0.742. The van der Waals surface area contributed by atoms with E-state index in [0.717, 1.165) is 18.7 Å². The van der Waals surface area contributed by atoms with Crippen LogP contribution in [0.25, 0.3) is 6.08 Å². The second kappa shape index (κ2) is 6.54. The van der Waals surface area contributed by atoms with E-state index in [0.29, 0.717) is 28.4 Å². The number of ketones is 1. The van der Waals surface area contributed by atoms with E-state index in [1.807, 2.05) is 18.2 Å². The molecule has 0 unspecified atom stereocenters. The number of phenolic OH excluding ortho intramolecular Hbond substituents is 1. The summed E-state index contributed by atoms with van der Waals surface area (Å²) < 4.78 is 5.88. The molecule has 2 aliphatic heterocycles. The number of Topliss-reactive ketones (excluding diaryl/α,β-unsaturated/α-hetero) is 1. The molecule has 0 aromatic heterocycles. The van der Waals surface area contributed by atoms with E-state index in [2.05, 4.69) is 0 Å². The van der Waals surface area contributed by atoms with Crippen LogP contribution in [0.15, 0.2) is 42.2 Å². The third-order valence-corrected chi connectivity index (χ3v) is 5.19. The molecule has 1 saturated heterocycles. The highest BCUT2D eigenvalue weighted by molar-refractivity contribution is 6.32. The lowest BCUT2D eigenvalue weighted by Gasteiger charge is -2.15. The summed E-state index contributed by atoms with van der Waals surface area (Å²) in [6, 6.07) is 10.5. The van der Waals surface area contributed by atoms with E-state index < -0.39 is 0 Å². The van der Waals surface area contributed by atoms with Crippen molar-refractivity contribution < 1.29 is 19.5 Å². The number of hydrogen-bond donors (Lipinski definition) is 2. The van der Waals surface area contributed by atoms with Gasteiger partial charge in [0, 0.05) is 17.9 Å². The highest BCUT2D eigenvalue weighted by atomic mass is 35.5. The van der Waals surface area contributed by atoms with Crippen LogP contribution in [0.1, 0.15) is 34.3 Å². The minimum absolute atomic E-state index is 0.174. The maximum atomic E-state index is 12.7. The van der Waals surface area contributed by atoms with Gasteiger partial charge in [-0.2, -0.15) is 0 Å². The fourth-order valence-electron chi connectivity index (χ4n) is 3.50. The summed E-state index contributed by atoms with van der Waals surface area (Å²) in [5.41, 5.74) is 1.95. The van der Waals surface area contributed by atoms with E-state index in [4.69, 9.17) is 16.3 Å². The predicted octanol–water partition coefficient (Wildman–Crippen LogP) is 2.84. The molecule has 0 spiro atoms. The first-order chi connectivity index (χ1) is 12.1. The lowest BCUT2D eigenvalue weighted by atomic mass is 10.0. The van der Waals surface area contributed by atoms with Crippen molar-refractivity contribution >= 4 is 23.5 Å². The van der Waals surface area contributed by atoms with Gasteiger partial charge >= 0.3 is 0 Å². The zero-order valence-electron chi connectivity index (χ0n) is 13.7. The number of ether oxygens (including phenoxy) is 1.